The van der Waals surface area contributed by atoms with Gasteiger partial charge in [-0.15, -0.1) is 0 Å². The fourth-order valence-electron chi connectivity index (χ4n) is 1.99. The number of rotatable bonds is 4. The second-order valence-corrected chi connectivity index (χ2v) is 4.99. The van der Waals surface area contributed by atoms with Crippen LogP contribution in [-0.4, -0.2) is 26.7 Å². The van der Waals surface area contributed by atoms with E-state index < -0.39 is 0 Å². The summed E-state index contributed by atoms with van der Waals surface area (Å²) < 4.78 is 8.48. The number of nitrogens with zero attached hydrogens (tertiary/aromatic N) is 2. The Morgan fingerprint density at radius 1 is 1.53 bits per heavy atom. The molecular weight excluding hydrogens is 234 g/mol. The zero-order valence-corrected chi connectivity index (χ0v) is 11.2. The van der Waals surface area contributed by atoms with E-state index in [1.165, 1.54) is 0 Å². The van der Waals surface area contributed by atoms with E-state index in [2.05, 4.69) is 28.4 Å². The minimum atomic E-state index is -0.231. The largest absolute Gasteiger partial charge is 0.374 e. The Kier molecular flexibility index (Phi) is 3.31. The maximum Gasteiger partial charge on any atom is 0.178 e. The van der Waals surface area contributed by atoms with E-state index in [-0.39, 0.29) is 5.60 Å². The first-order chi connectivity index (χ1) is 8.03. The molecule has 2 rings (SSSR count). The Balaban J connectivity index is 2.42. The van der Waals surface area contributed by atoms with Crippen LogP contribution in [0, 0.1) is 4.77 Å². The van der Waals surface area contributed by atoms with Gasteiger partial charge in [0, 0.05) is 12.8 Å². The highest BCUT2D eigenvalue weighted by Gasteiger charge is 2.20. The van der Waals surface area contributed by atoms with Crippen molar-refractivity contribution in [3.63, 3.8) is 0 Å². The highest BCUT2D eigenvalue weighted by Crippen LogP contribution is 2.18. The third-order valence-electron chi connectivity index (χ3n) is 2.65. The third-order valence-corrected chi connectivity index (χ3v) is 2.97. The molecule has 0 fully saturated rings. The van der Waals surface area contributed by atoms with Crippen LogP contribution in [0.1, 0.15) is 20.8 Å². The molecule has 0 amide bonds. The Hall–Kier alpha value is -1.20. The van der Waals surface area contributed by atoms with Gasteiger partial charge >= 0.3 is 0 Å². The van der Waals surface area contributed by atoms with Gasteiger partial charge in [0.05, 0.1) is 29.4 Å². The molecule has 0 aliphatic rings. The van der Waals surface area contributed by atoms with Crippen LogP contribution < -0.4 is 0 Å². The van der Waals surface area contributed by atoms with Gasteiger partial charge < -0.3 is 14.3 Å². The molecule has 0 atom stereocenters. The molecule has 5 heteroatoms. The van der Waals surface area contributed by atoms with Crippen molar-refractivity contribution in [2.75, 3.05) is 6.61 Å². The first-order valence-corrected chi connectivity index (χ1v) is 6.11. The Bertz CT molecular complexity index is 570. The molecule has 0 aromatic carbocycles. The molecule has 1 N–H and O–H groups in total. The van der Waals surface area contributed by atoms with Gasteiger partial charge in [0.2, 0.25) is 0 Å². The Labute approximate surface area is 106 Å². The fraction of sp³-hybridized carbons (Fsp3) is 0.500. The average molecular weight is 251 g/mol. The SMILES string of the molecule is CCOC(C)(C)Cn1c(=S)[nH]c2cnccc21. The van der Waals surface area contributed by atoms with Gasteiger partial charge in [-0.25, -0.2) is 0 Å². The van der Waals surface area contributed by atoms with Crippen molar-refractivity contribution in [3.05, 3.63) is 23.2 Å². The van der Waals surface area contributed by atoms with Gasteiger partial charge in [-0.2, -0.15) is 0 Å². The summed E-state index contributed by atoms with van der Waals surface area (Å²) in [5, 5.41) is 0. The lowest BCUT2D eigenvalue weighted by molar-refractivity contribution is -0.0219. The lowest BCUT2D eigenvalue weighted by atomic mass is 10.1. The van der Waals surface area contributed by atoms with Crippen LogP contribution >= 0.6 is 12.2 Å². The minimum absolute atomic E-state index is 0.231. The Morgan fingerprint density at radius 3 is 3.00 bits per heavy atom. The van der Waals surface area contributed by atoms with Crippen LogP contribution in [0.5, 0.6) is 0 Å². The van der Waals surface area contributed by atoms with Crippen molar-refractivity contribution in [2.45, 2.75) is 32.9 Å². The third kappa shape index (κ3) is 2.56. The van der Waals surface area contributed by atoms with Crippen LogP contribution in [0.15, 0.2) is 18.5 Å². The van der Waals surface area contributed by atoms with E-state index in [0.29, 0.717) is 11.4 Å². The van der Waals surface area contributed by atoms with Crippen LogP contribution in [0.2, 0.25) is 0 Å². The van der Waals surface area contributed by atoms with E-state index in [4.69, 9.17) is 17.0 Å². The maximum absolute atomic E-state index is 5.71. The zero-order chi connectivity index (χ0) is 12.5. The summed E-state index contributed by atoms with van der Waals surface area (Å²) in [5.74, 6) is 0. The zero-order valence-electron chi connectivity index (χ0n) is 10.4. The first kappa shape index (κ1) is 12.3. The quantitative estimate of drug-likeness (QED) is 0.850. The van der Waals surface area contributed by atoms with Crippen molar-refractivity contribution in [2.24, 2.45) is 0 Å². The summed E-state index contributed by atoms with van der Waals surface area (Å²) in [6, 6.07) is 1.96. The molecule has 0 aliphatic heterocycles. The number of pyridine rings is 1. The number of hydrogen-bond acceptors (Lipinski definition) is 3. The smallest absolute Gasteiger partial charge is 0.178 e. The molecule has 0 radical (unpaired) electrons. The lowest BCUT2D eigenvalue weighted by Gasteiger charge is -2.25. The van der Waals surface area contributed by atoms with Gasteiger partial charge in [0.1, 0.15) is 0 Å². The highest BCUT2D eigenvalue weighted by molar-refractivity contribution is 7.71. The molecule has 2 heterocycles. The summed E-state index contributed by atoms with van der Waals surface area (Å²) in [7, 11) is 0. The summed E-state index contributed by atoms with van der Waals surface area (Å²) in [6.07, 6.45) is 3.56. The van der Waals surface area contributed by atoms with Gasteiger partial charge in [-0.1, -0.05) is 0 Å². The first-order valence-electron chi connectivity index (χ1n) is 5.70. The molecule has 2 aromatic rings. The summed E-state index contributed by atoms with van der Waals surface area (Å²) >= 11 is 5.33. The second kappa shape index (κ2) is 4.58. The number of aromatic nitrogens is 3. The van der Waals surface area contributed by atoms with Crippen molar-refractivity contribution >= 4 is 23.3 Å². The Morgan fingerprint density at radius 2 is 2.29 bits per heavy atom. The normalized spacial score (nSPS) is 12.2. The summed E-state index contributed by atoms with van der Waals surface area (Å²) in [4.78, 5) is 7.23. The monoisotopic (exact) mass is 251 g/mol. The summed E-state index contributed by atoms with van der Waals surface area (Å²) in [5.41, 5.74) is 1.80. The molecule has 2 aromatic heterocycles. The predicted molar refractivity (Wildman–Crippen MR) is 70.6 cm³/mol. The van der Waals surface area contributed by atoms with E-state index in [0.717, 1.165) is 17.6 Å². The highest BCUT2D eigenvalue weighted by atomic mass is 32.1. The lowest BCUT2D eigenvalue weighted by Crippen LogP contribution is -2.30. The predicted octanol–water partition coefficient (Wildman–Crippen LogP) is 2.91. The molecule has 0 aliphatic carbocycles. The molecule has 0 saturated carbocycles. The number of aromatic amines is 1. The minimum Gasteiger partial charge on any atom is -0.374 e. The van der Waals surface area contributed by atoms with Crippen LogP contribution in [0.3, 0.4) is 0 Å². The molecule has 0 spiro atoms. The molecule has 92 valence electrons. The molecule has 0 saturated heterocycles. The average Bonchev–Trinajstić information content (AvgIpc) is 2.55. The van der Waals surface area contributed by atoms with Crippen LogP contribution in [0.4, 0.5) is 0 Å². The van der Waals surface area contributed by atoms with Gasteiger partial charge in [0.15, 0.2) is 4.77 Å². The van der Waals surface area contributed by atoms with Gasteiger partial charge in [-0.3, -0.25) is 4.98 Å². The molecule has 0 unspecified atom stereocenters. The van der Waals surface area contributed by atoms with Crippen molar-refractivity contribution in [1.82, 2.24) is 14.5 Å². The van der Waals surface area contributed by atoms with Crippen LogP contribution in [0.25, 0.3) is 11.0 Å². The molecular formula is C12H17N3OS. The number of hydrogen-bond donors (Lipinski definition) is 1. The van der Waals surface area contributed by atoms with Gasteiger partial charge in [-0.05, 0) is 39.1 Å². The van der Waals surface area contributed by atoms with Crippen molar-refractivity contribution in [3.8, 4) is 0 Å². The number of imidazole rings is 1. The topological polar surface area (TPSA) is 42.8 Å². The maximum atomic E-state index is 5.71. The summed E-state index contributed by atoms with van der Waals surface area (Å²) in [6.45, 7) is 7.56. The second-order valence-electron chi connectivity index (χ2n) is 4.60. The van der Waals surface area contributed by atoms with Crippen molar-refractivity contribution in [1.29, 1.82) is 0 Å². The number of ether oxygens (including phenoxy) is 1. The number of H-pyrrole nitrogens is 1. The van der Waals surface area contributed by atoms with E-state index >= 15 is 0 Å². The van der Waals surface area contributed by atoms with E-state index in [1.54, 1.807) is 12.4 Å². The number of fused-ring (bicyclic) bond motifs is 1. The molecule has 17 heavy (non-hydrogen) atoms. The standard InChI is InChI=1S/C12H17N3OS/c1-4-16-12(2,3)8-15-10-5-6-13-7-9(10)14-11(15)17/h5-7H,4,8H2,1-3H3,(H,14,17). The number of nitrogens with one attached hydrogen (secondary N) is 1. The van der Waals surface area contributed by atoms with Gasteiger partial charge in [0.25, 0.3) is 0 Å². The fourth-order valence-corrected chi connectivity index (χ4v) is 2.26. The molecule has 0 bridgehead atoms. The molecule has 4 nitrogen and oxygen atoms in total. The van der Waals surface area contributed by atoms with Crippen molar-refractivity contribution < 1.29 is 4.74 Å². The van der Waals surface area contributed by atoms with E-state index in [1.807, 2.05) is 13.0 Å². The van der Waals surface area contributed by atoms with E-state index in [9.17, 15) is 0 Å². The van der Waals surface area contributed by atoms with Crippen LogP contribution in [-0.2, 0) is 11.3 Å².